The summed E-state index contributed by atoms with van der Waals surface area (Å²) in [5.74, 6) is 0.276. The molecule has 1 N–H and O–H groups in total. The van der Waals surface area contributed by atoms with Gasteiger partial charge in [0.2, 0.25) is 0 Å². The van der Waals surface area contributed by atoms with Crippen molar-refractivity contribution in [2.24, 2.45) is 5.92 Å². The maximum absolute atomic E-state index is 11.6. The van der Waals surface area contributed by atoms with E-state index in [0.717, 1.165) is 12.8 Å². The minimum absolute atomic E-state index is 0.0406. The second-order valence-corrected chi connectivity index (χ2v) is 2.87. The number of halogens is 2. The molecule has 0 aromatic heterocycles. The molecule has 0 spiro atoms. The molecule has 0 heterocycles. The van der Waals surface area contributed by atoms with Gasteiger partial charge < -0.3 is 9.84 Å². The predicted octanol–water partition coefficient (Wildman–Crippen LogP) is 1.04. The quantitative estimate of drug-likeness (QED) is 0.676. The molecule has 0 saturated heterocycles. The Kier molecular flexibility index (Phi) is 3.20. The van der Waals surface area contributed by atoms with Gasteiger partial charge in [-0.1, -0.05) is 0 Å². The zero-order valence-corrected chi connectivity index (χ0v) is 6.17. The van der Waals surface area contributed by atoms with Crippen LogP contribution in [0.5, 0.6) is 0 Å². The zero-order valence-electron chi connectivity index (χ0n) is 6.17. The lowest BCUT2D eigenvalue weighted by Crippen LogP contribution is -2.34. The lowest BCUT2D eigenvalue weighted by Gasteiger charge is -2.33. The van der Waals surface area contributed by atoms with Crippen molar-refractivity contribution in [3.8, 4) is 0 Å². The third-order valence-electron chi connectivity index (χ3n) is 1.91. The van der Waals surface area contributed by atoms with Crippen molar-refractivity contribution in [2.75, 3.05) is 13.2 Å². The van der Waals surface area contributed by atoms with E-state index in [-0.39, 0.29) is 18.6 Å². The standard InChI is InChI=1S/C7H12F2O2/c8-7(9)4-11-6-1-5(2-6)3-10/h5-7,10H,1-4H2. The smallest absolute Gasteiger partial charge is 0.261 e. The third-order valence-corrected chi connectivity index (χ3v) is 1.91. The van der Waals surface area contributed by atoms with Gasteiger partial charge in [-0.15, -0.1) is 0 Å². The van der Waals surface area contributed by atoms with Crippen molar-refractivity contribution in [2.45, 2.75) is 25.4 Å². The number of ether oxygens (including phenoxy) is 1. The largest absolute Gasteiger partial charge is 0.396 e. The highest BCUT2D eigenvalue weighted by Crippen LogP contribution is 2.29. The van der Waals surface area contributed by atoms with Crippen LogP contribution in [0.4, 0.5) is 8.78 Å². The van der Waals surface area contributed by atoms with Crippen LogP contribution in [-0.4, -0.2) is 30.8 Å². The van der Waals surface area contributed by atoms with Gasteiger partial charge in [-0.2, -0.15) is 0 Å². The number of rotatable bonds is 4. The highest BCUT2D eigenvalue weighted by Gasteiger charge is 2.29. The number of alkyl halides is 2. The topological polar surface area (TPSA) is 29.5 Å². The summed E-state index contributed by atoms with van der Waals surface area (Å²) in [4.78, 5) is 0. The van der Waals surface area contributed by atoms with Gasteiger partial charge in [0, 0.05) is 6.61 Å². The Balaban J connectivity index is 1.96. The van der Waals surface area contributed by atoms with Crippen molar-refractivity contribution in [3.63, 3.8) is 0 Å². The van der Waals surface area contributed by atoms with E-state index < -0.39 is 13.0 Å². The van der Waals surface area contributed by atoms with E-state index in [1.807, 2.05) is 0 Å². The molecular weight excluding hydrogens is 154 g/mol. The lowest BCUT2D eigenvalue weighted by atomic mass is 9.83. The summed E-state index contributed by atoms with van der Waals surface area (Å²) in [5.41, 5.74) is 0. The normalized spacial score (nSPS) is 30.5. The first kappa shape index (κ1) is 8.87. The lowest BCUT2D eigenvalue weighted by molar-refractivity contribution is -0.0814. The molecule has 2 nitrogen and oxygen atoms in total. The van der Waals surface area contributed by atoms with E-state index >= 15 is 0 Å². The number of aliphatic hydroxyl groups is 1. The fourth-order valence-corrected chi connectivity index (χ4v) is 1.17. The minimum atomic E-state index is -2.37. The van der Waals surface area contributed by atoms with Crippen molar-refractivity contribution in [3.05, 3.63) is 0 Å². The van der Waals surface area contributed by atoms with Gasteiger partial charge in [-0.05, 0) is 18.8 Å². The molecule has 0 radical (unpaired) electrons. The SMILES string of the molecule is OCC1CC(OCC(F)F)C1. The van der Waals surface area contributed by atoms with Crippen LogP contribution >= 0.6 is 0 Å². The van der Waals surface area contributed by atoms with Gasteiger partial charge in [-0.25, -0.2) is 8.78 Å². The molecule has 0 amide bonds. The average Bonchev–Trinajstić information content (AvgIpc) is 1.84. The third kappa shape index (κ3) is 2.71. The summed E-state index contributed by atoms with van der Waals surface area (Å²) >= 11 is 0. The molecule has 0 atom stereocenters. The van der Waals surface area contributed by atoms with E-state index in [4.69, 9.17) is 9.84 Å². The molecule has 1 saturated carbocycles. The molecule has 11 heavy (non-hydrogen) atoms. The monoisotopic (exact) mass is 166 g/mol. The Bertz CT molecular complexity index is 113. The zero-order chi connectivity index (χ0) is 8.27. The van der Waals surface area contributed by atoms with Crippen LogP contribution in [0.2, 0.25) is 0 Å². The van der Waals surface area contributed by atoms with Crippen molar-refractivity contribution < 1.29 is 18.6 Å². The maximum atomic E-state index is 11.6. The molecule has 4 heteroatoms. The first-order valence-electron chi connectivity index (χ1n) is 3.73. The summed E-state index contributed by atoms with van der Waals surface area (Å²) in [6.07, 6.45) is -0.962. The van der Waals surface area contributed by atoms with E-state index in [1.54, 1.807) is 0 Å². The van der Waals surface area contributed by atoms with E-state index in [9.17, 15) is 8.78 Å². The van der Waals surface area contributed by atoms with Gasteiger partial charge in [0.05, 0.1) is 6.10 Å². The van der Waals surface area contributed by atoms with Crippen molar-refractivity contribution in [1.29, 1.82) is 0 Å². The fraction of sp³-hybridized carbons (Fsp3) is 1.00. The van der Waals surface area contributed by atoms with Gasteiger partial charge >= 0.3 is 0 Å². The summed E-state index contributed by atoms with van der Waals surface area (Å²) in [5, 5.41) is 8.58. The molecule has 1 aliphatic rings. The van der Waals surface area contributed by atoms with Crippen LogP contribution in [0.15, 0.2) is 0 Å². The molecule has 0 aliphatic heterocycles. The summed E-state index contributed by atoms with van der Waals surface area (Å²) in [6, 6.07) is 0. The molecule has 0 aromatic rings. The Morgan fingerprint density at radius 1 is 1.45 bits per heavy atom. The average molecular weight is 166 g/mol. The molecule has 0 bridgehead atoms. The van der Waals surface area contributed by atoms with Gasteiger partial charge in [0.25, 0.3) is 6.43 Å². The van der Waals surface area contributed by atoms with Crippen molar-refractivity contribution >= 4 is 0 Å². The predicted molar refractivity (Wildman–Crippen MR) is 35.6 cm³/mol. The van der Waals surface area contributed by atoms with E-state index in [1.165, 1.54) is 0 Å². The second kappa shape index (κ2) is 3.97. The molecule has 66 valence electrons. The number of aliphatic hydroxyl groups excluding tert-OH is 1. The van der Waals surface area contributed by atoms with Crippen LogP contribution in [0.3, 0.4) is 0 Å². The molecule has 0 unspecified atom stereocenters. The first-order chi connectivity index (χ1) is 5.22. The summed E-state index contributed by atoms with van der Waals surface area (Å²) in [6.45, 7) is -0.322. The van der Waals surface area contributed by atoms with Crippen molar-refractivity contribution in [1.82, 2.24) is 0 Å². The van der Waals surface area contributed by atoms with E-state index in [2.05, 4.69) is 0 Å². The Hall–Kier alpha value is -0.220. The molecule has 1 aliphatic carbocycles. The summed E-state index contributed by atoms with van der Waals surface area (Å²) in [7, 11) is 0. The van der Waals surface area contributed by atoms with Crippen LogP contribution in [-0.2, 0) is 4.74 Å². The molecule has 0 aromatic carbocycles. The number of hydrogen-bond donors (Lipinski definition) is 1. The van der Waals surface area contributed by atoms with E-state index in [0.29, 0.717) is 0 Å². The van der Waals surface area contributed by atoms with Crippen LogP contribution in [0.1, 0.15) is 12.8 Å². The van der Waals surface area contributed by atoms with Crippen LogP contribution in [0, 0.1) is 5.92 Å². The van der Waals surface area contributed by atoms with Gasteiger partial charge in [-0.3, -0.25) is 0 Å². The fourth-order valence-electron chi connectivity index (χ4n) is 1.17. The highest BCUT2D eigenvalue weighted by molar-refractivity contribution is 4.79. The Labute approximate surface area is 64.2 Å². The summed E-state index contributed by atoms with van der Waals surface area (Å²) < 4.78 is 27.9. The Morgan fingerprint density at radius 3 is 2.55 bits per heavy atom. The molecule has 1 fully saturated rings. The first-order valence-corrected chi connectivity index (χ1v) is 3.73. The maximum Gasteiger partial charge on any atom is 0.261 e. The minimum Gasteiger partial charge on any atom is -0.396 e. The number of hydrogen-bond acceptors (Lipinski definition) is 2. The molecule has 1 rings (SSSR count). The van der Waals surface area contributed by atoms with Crippen LogP contribution < -0.4 is 0 Å². The molecular formula is C7H12F2O2. The van der Waals surface area contributed by atoms with Crippen LogP contribution in [0.25, 0.3) is 0 Å². The Morgan fingerprint density at radius 2 is 2.09 bits per heavy atom. The second-order valence-electron chi connectivity index (χ2n) is 2.87. The highest BCUT2D eigenvalue weighted by atomic mass is 19.3. The van der Waals surface area contributed by atoms with Gasteiger partial charge in [0.1, 0.15) is 6.61 Å². The van der Waals surface area contributed by atoms with Gasteiger partial charge in [0.15, 0.2) is 0 Å².